The molecule has 4 fully saturated rings. The number of aliphatic hydroxyl groups excluding tert-OH is 13. The summed E-state index contributed by atoms with van der Waals surface area (Å²) in [6.07, 6.45) is -32.3. The molecule has 4 aliphatic heterocycles. The third-order valence-electron chi connectivity index (χ3n) is 7.84. The van der Waals surface area contributed by atoms with Crippen LogP contribution in [0.4, 0.5) is 0 Å². The third-order valence-corrected chi connectivity index (χ3v) is 7.84. The van der Waals surface area contributed by atoms with E-state index in [1.54, 1.807) is 0 Å². The lowest BCUT2D eigenvalue weighted by Gasteiger charge is -2.46. The van der Waals surface area contributed by atoms with Gasteiger partial charge >= 0.3 is 0 Å². The predicted molar refractivity (Wildman–Crippen MR) is 128 cm³/mol. The Balaban J connectivity index is 1.46. The lowest BCUT2D eigenvalue weighted by atomic mass is 9.97. The highest BCUT2D eigenvalue weighted by Crippen LogP contribution is 2.34. The van der Waals surface area contributed by atoms with E-state index < -0.39 is 143 Å². The second-order valence-electron chi connectivity index (χ2n) is 10.7. The van der Waals surface area contributed by atoms with Gasteiger partial charge in [-0.15, -0.1) is 0 Å². The molecule has 0 radical (unpaired) electrons. The lowest BCUT2D eigenvalue weighted by molar-refractivity contribution is -0.380. The first kappa shape index (κ1) is 35.1. The summed E-state index contributed by atoms with van der Waals surface area (Å²) >= 11 is 0. The maximum absolute atomic E-state index is 10.8. The van der Waals surface area contributed by atoms with E-state index in [0.29, 0.717) is 0 Å². The third kappa shape index (κ3) is 6.99. The molecule has 0 aromatic heterocycles. The smallest absolute Gasteiger partial charge is 0.190 e. The van der Waals surface area contributed by atoms with Crippen molar-refractivity contribution in [3.05, 3.63) is 0 Å². The monoisotopic (exact) mass is 636 g/mol. The minimum absolute atomic E-state index is 0.763. The van der Waals surface area contributed by atoms with Crippen LogP contribution in [0.15, 0.2) is 0 Å². The summed E-state index contributed by atoms with van der Waals surface area (Å²) in [5, 5.41) is 131. The highest BCUT2D eigenvalue weighted by molar-refractivity contribution is 4.96. The number of ether oxygens (including phenoxy) is 7. The Hall–Kier alpha value is -0.800. The van der Waals surface area contributed by atoms with Crippen LogP contribution in [0.3, 0.4) is 0 Å². The largest absolute Gasteiger partial charge is 0.394 e. The molecule has 0 saturated carbocycles. The summed E-state index contributed by atoms with van der Waals surface area (Å²) in [6, 6.07) is 0. The van der Waals surface area contributed by atoms with Gasteiger partial charge in [0.15, 0.2) is 25.2 Å². The number of rotatable bonds is 10. The van der Waals surface area contributed by atoms with Crippen molar-refractivity contribution in [1.29, 1.82) is 0 Å². The fourth-order valence-electron chi connectivity index (χ4n) is 5.24. The molecule has 4 saturated heterocycles. The van der Waals surface area contributed by atoms with Gasteiger partial charge < -0.3 is 99.5 Å². The minimum Gasteiger partial charge on any atom is -0.394 e. The Morgan fingerprint density at radius 2 is 0.674 bits per heavy atom. The van der Waals surface area contributed by atoms with Crippen molar-refractivity contribution < 1.29 is 99.5 Å². The normalized spacial score (nSPS) is 52.8. The Morgan fingerprint density at radius 3 is 1.14 bits per heavy atom. The van der Waals surface area contributed by atoms with Crippen LogP contribution in [0.2, 0.25) is 0 Å². The Labute approximate surface area is 243 Å². The van der Waals surface area contributed by atoms with Gasteiger partial charge in [0.1, 0.15) is 91.6 Å². The van der Waals surface area contributed by atoms with Gasteiger partial charge in [-0.25, -0.2) is 0 Å². The highest BCUT2D eigenvalue weighted by Gasteiger charge is 2.55. The zero-order chi connectivity index (χ0) is 31.7. The summed E-state index contributed by atoms with van der Waals surface area (Å²) in [5.74, 6) is 0. The molecule has 0 aromatic rings. The molecule has 13 N–H and O–H groups in total. The Kier molecular flexibility index (Phi) is 12.0. The molecule has 43 heavy (non-hydrogen) atoms. The average Bonchev–Trinajstić information content (AvgIpc) is 3.30. The van der Waals surface area contributed by atoms with Crippen molar-refractivity contribution in [2.45, 2.75) is 117 Å². The molecule has 0 unspecified atom stereocenters. The second-order valence-corrected chi connectivity index (χ2v) is 10.7. The first-order valence-electron chi connectivity index (χ1n) is 13.5. The van der Waals surface area contributed by atoms with Crippen LogP contribution >= 0.6 is 0 Å². The van der Waals surface area contributed by atoms with Crippen LogP contribution in [-0.4, -0.2) is 210 Å². The predicted octanol–water partition coefficient (Wildman–Crippen LogP) is -9.11. The molecule has 0 spiro atoms. The van der Waals surface area contributed by atoms with Crippen LogP contribution in [0.1, 0.15) is 0 Å². The van der Waals surface area contributed by atoms with Crippen molar-refractivity contribution in [2.24, 2.45) is 0 Å². The van der Waals surface area contributed by atoms with E-state index in [4.69, 9.17) is 33.2 Å². The highest BCUT2D eigenvalue weighted by atomic mass is 16.8. The number of hydrogen-bond acceptors (Lipinski definition) is 20. The topological polar surface area (TPSA) is 328 Å². The fraction of sp³-hybridized carbons (Fsp3) is 1.00. The minimum atomic E-state index is -1.99. The van der Waals surface area contributed by atoms with Crippen molar-refractivity contribution in [2.75, 3.05) is 26.4 Å². The van der Waals surface area contributed by atoms with E-state index in [-0.39, 0.29) is 0 Å². The van der Waals surface area contributed by atoms with Gasteiger partial charge in [0.2, 0.25) is 0 Å². The van der Waals surface area contributed by atoms with Gasteiger partial charge in [0.25, 0.3) is 0 Å². The van der Waals surface area contributed by atoms with E-state index in [9.17, 15) is 66.4 Å². The van der Waals surface area contributed by atoms with Crippen molar-refractivity contribution in [1.82, 2.24) is 0 Å². The van der Waals surface area contributed by atoms with Crippen LogP contribution in [0.5, 0.6) is 0 Å². The zero-order valence-electron chi connectivity index (χ0n) is 22.5. The molecule has 252 valence electrons. The Morgan fingerprint density at radius 1 is 0.326 bits per heavy atom. The SMILES string of the molecule is OC[C@H]1O[C@@H](O[C@@H]2[C@H](O[C@H]3O[C@H](CO)[C@@H](O[C@H]4O[C@H](CO)[C@@H](O)[C@H](O)[C@H]4O)[C@H](O)[C@H]3O)O[C@H](CO)[C@H]2O)[C@H](O)[C@@H](O)[C@@H]1O. The van der Waals surface area contributed by atoms with Gasteiger partial charge in [0, 0.05) is 0 Å². The van der Waals surface area contributed by atoms with E-state index in [1.807, 2.05) is 0 Å². The molecule has 0 bridgehead atoms. The van der Waals surface area contributed by atoms with Gasteiger partial charge in [0.05, 0.1) is 26.4 Å². The van der Waals surface area contributed by atoms with Gasteiger partial charge in [-0.2, -0.15) is 0 Å². The van der Waals surface area contributed by atoms with E-state index >= 15 is 0 Å². The quantitative estimate of drug-likeness (QED) is 0.106. The molecular weight excluding hydrogens is 596 g/mol. The second kappa shape index (κ2) is 14.7. The molecule has 0 aromatic carbocycles. The standard InChI is InChI=1S/C23H40O20/c24-1-5-9(28)12(31)15(34)20(37-5)41-18-8(4-27)40-22(17(36)14(18)33)43-23-19(11(30)7(3-26)39-23)42-21-16(35)13(32)10(29)6(2-25)38-21/h5-36H,1-4H2/t5-,6-,7-,8-,9-,10-,11-,12+,13+,14-,15-,16-,17-,18-,19+,20-,21+,22-,23+/m1/s1. The molecule has 20 nitrogen and oxygen atoms in total. The fourth-order valence-corrected chi connectivity index (χ4v) is 5.24. The zero-order valence-corrected chi connectivity index (χ0v) is 22.5. The molecule has 19 atom stereocenters. The van der Waals surface area contributed by atoms with E-state index in [1.165, 1.54) is 0 Å². The Bertz CT molecular complexity index is 865. The summed E-state index contributed by atoms with van der Waals surface area (Å²) in [4.78, 5) is 0. The van der Waals surface area contributed by atoms with Gasteiger partial charge in [-0.05, 0) is 0 Å². The maximum atomic E-state index is 10.8. The lowest BCUT2D eigenvalue weighted by Crippen LogP contribution is -2.65. The van der Waals surface area contributed by atoms with E-state index in [0.717, 1.165) is 0 Å². The molecule has 4 aliphatic rings. The van der Waals surface area contributed by atoms with Crippen LogP contribution in [-0.2, 0) is 33.2 Å². The summed E-state index contributed by atoms with van der Waals surface area (Å²) in [7, 11) is 0. The molecular formula is C23H40O20. The van der Waals surface area contributed by atoms with Gasteiger partial charge in [-0.3, -0.25) is 0 Å². The van der Waals surface area contributed by atoms with Crippen LogP contribution in [0, 0.1) is 0 Å². The summed E-state index contributed by atoms with van der Waals surface area (Å²) in [5.41, 5.74) is 0. The van der Waals surface area contributed by atoms with Crippen LogP contribution < -0.4 is 0 Å². The van der Waals surface area contributed by atoms with Crippen molar-refractivity contribution >= 4 is 0 Å². The average molecular weight is 637 g/mol. The van der Waals surface area contributed by atoms with Crippen LogP contribution in [0.25, 0.3) is 0 Å². The van der Waals surface area contributed by atoms with Crippen molar-refractivity contribution in [3.8, 4) is 0 Å². The number of aliphatic hydroxyl groups is 13. The maximum Gasteiger partial charge on any atom is 0.190 e. The van der Waals surface area contributed by atoms with E-state index in [2.05, 4.69) is 0 Å². The van der Waals surface area contributed by atoms with Gasteiger partial charge in [-0.1, -0.05) is 0 Å². The first-order chi connectivity index (χ1) is 20.4. The summed E-state index contributed by atoms with van der Waals surface area (Å²) < 4.78 is 38.1. The first-order valence-corrected chi connectivity index (χ1v) is 13.5. The molecule has 0 aliphatic carbocycles. The molecule has 20 heteroatoms. The molecule has 4 heterocycles. The number of hydrogen-bond donors (Lipinski definition) is 13. The summed E-state index contributed by atoms with van der Waals surface area (Å²) in [6.45, 7) is -3.18. The molecule has 4 rings (SSSR count). The van der Waals surface area contributed by atoms with Crippen molar-refractivity contribution in [3.63, 3.8) is 0 Å². The molecule has 0 amide bonds.